The maximum absolute atomic E-state index is 3.28. The molecule has 0 heterocycles. The Morgan fingerprint density at radius 1 is 0.643 bits per heavy atom. The fourth-order valence-electron chi connectivity index (χ4n) is 5.16. The van der Waals surface area contributed by atoms with Gasteiger partial charge in [0.15, 0.2) is 0 Å². The zero-order valence-electron chi connectivity index (χ0n) is 24.5. The Balaban J connectivity index is 0.000000129. The quantitative estimate of drug-likeness (QED) is 0.168. The second-order valence-electron chi connectivity index (χ2n) is 10.4. The van der Waals surface area contributed by atoms with Gasteiger partial charge in [0.2, 0.25) is 0 Å². The average molecular weight is 620 g/mol. The van der Waals surface area contributed by atoms with E-state index in [-0.39, 0.29) is 0 Å². The van der Waals surface area contributed by atoms with Gasteiger partial charge >= 0.3 is 99.2 Å². The molecular weight excluding hydrogens is 584 g/mol. The van der Waals surface area contributed by atoms with Crippen molar-refractivity contribution in [2.24, 2.45) is 0 Å². The molecule has 0 fully saturated rings. The first-order valence-corrected chi connectivity index (χ1v) is 16.0. The van der Waals surface area contributed by atoms with E-state index in [1.54, 1.807) is 0 Å². The summed E-state index contributed by atoms with van der Waals surface area (Å²) < 4.78 is 1.42. The first-order chi connectivity index (χ1) is 20.7. The molecule has 1 aliphatic carbocycles. The molecule has 0 bridgehead atoms. The predicted octanol–water partition coefficient (Wildman–Crippen LogP) is 10.5. The van der Waals surface area contributed by atoms with Crippen molar-refractivity contribution in [1.82, 2.24) is 0 Å². The van der Waals surface area contributed by atoms with Crippen LogP contribution in [0.3, 0.4) is 0 Å². The Kier molecular flexibility index (Phi) is 10.5. The summed E-state index contributed by atoms with van der Waals surface area (Å²) in [7, 11) is 0. The van der Waals surface area contributed by atoms with Crippen molar-refractivity contribution >= 4 is 30.3 Å². The standard InChI is InChI=1S/C17H17.C13H10.C11H9.Zr/c1-3-12-5-7-16-14(9-12)11-15-10-13(4-2)6-8-17(15)16;1-3-7-12(8-4-1)11-13-9-5-2-6-10-13;1-2-6-10(7-3-1)11-8-4-5-9-11;/h5-11H,3-4H2,1-2H3;1-10H;1-4,6-8H,5H2;/q-1;;-1;+2. The van der Waals surface area contributed by atoms with Crippen molar-refractivity contribution in [2.45, 2.75) is 33.1 Å². The van der Waals surface area contributed by atoms with E-state index in [0.717, 1.165) is 19.3 Å². The van der Waals surface area contributed by atoms with Crippen LogP contribution in [0, 0.1) is 6.08 Å². The molecule has 1 aliphatic rings. The normalized spacial score (nSPS) is 11.9. The van der Waals surface area contributed by atoms with Crippen LogP contribution in [0.25, 0.3) is 27.1 Å². The van der Waals surface area contributed by atoms with Gasteiger partial charge in [-0.05, 0) is 12.8 Å². The van der Waals surface area contributed by atoms with Crippen LogP contribution in [0.4, 0.5) is 0 Å². The summed E-state index contributed by atoms with van der Waals surface area (Å²) in [6.45, 7) is 4.41. The Bertz CT molecular complexity index is 1700. The third kappa shape index (κ3) is 7.53. The van der Waals surface area contributed by atoms with Gasteiger partial charge in [-0.3, -0.25) is 0 Å². The average Bonchev–Trinajstić information content (AvgIpc) is 3.74. The fourth-order valence-corrected chi connectivity index (χ4v) is 5.98. The number of hydrogen-bond acceptors (Lipinski definition) is 0. The van der Waals surface area contributed by atoms with Crippen LogP contribution in [-0.2, 0) is 37.1 Å². The van der Waals surface area contributed by atoms with Crippen molar-refractivity contribution in [3.8, 4) is 0 Å². The van der Waals surface area contributed by atoms with Crippen molar-refractivity contribution in [3.05, 3.63) is 180 Å². The van der Waals surface area contributed by atoms with E-state index < -0.39 is 0 Å². The molecule has 0 spiro atoms. The van der Waals surface area contributed by atoms with Crippen molar-refractivity contribution in [3.63, 3.8) is 0 Å². The van der Waals surface area contributed by atoms with Gasteiger partial charge in [0.25, 0.3) is 0 Å². The molecule has 1 heteroatoms. The van der Waals surface area contributed by atoms with E-state index in [2.05, 4.69) is 159 Å². The van der Waals surface area contributed by atoms with Gasteiger partial charge < -0.3 is 0 Å². The van der Waals surface area contributed by atoms with Crippen molar-refractivity contribution in [2.75, 3.05) is 0 Å². The molecule has 42 heavy (non-hydrogen) atoms. The minimum absolute atomic E-state index is 0.963. The number of allylic oxidation sites excluding steroid dienone is 4. The van der Waals surface area contributed by atoms with Gasteiger partial charge in [-0.25, -0.2) is 0 Å². The molecule has 0 amide bonds. The molecule has 6 aromatic rings. The molecule has 0 aliphatic heterocycles. The van der Waals surface area contributed by atoms with Crippen molar-refractivity contribution in [1.29, 1.82) is 0 Å². The minimum atomic E-state index is 0.963. The molecule has 6 aromatic carbocycles. The van der Waals surface area contributed by atoms with Gasteiger partial charge in [-0.1, -0.05) is 73.9 Å². The van der Waals surface area contributed by atoms with Gasteiger partial charge in [0.05, 0.1) is 0 Å². The van der Waals surface area contributed by atoms with Crippen LogP contribution in [0.1, 0.15) is 48.1 Å². The van der Waals surface area contributed by atoms with Crippen LogP contribution in [0.5, 0.6) is 0 Å². The number of aryl methyl sites for hydroxylation is 2. The Morgan fingerprint density at radius 2 is 1.12 bits per heavy atom. The first kappa shape index (κ1) is 29.7. The second-order valence-corrected chi connectivity index (χ2v) is 11.6. The van der Waals surface area contributed by atoms with E-state index >= 15 is 0 Å². The number of benzene rings is 5. The van der Waals surface area contributed by atoms with Crippen LogP contribution in [0.2, 0.25) is 0 Å². The van der Waals surface area contributed by atoms with Gasteiger partial charge in [-0.15, -0.1) is 63.5 Å². The zero-order valence-corrected chi connectivity index (χ0v) is 26.9. The van der Waals surface area contributed by atoms with Crippen molar-refractivity contribution < 1.29 is 24.2 Å². The van der Waals surface area contributed by atoms with E-state index in [0.29, 0.717) is 0 Å². The summed E-state index contributed by atoms with van der Waals surface area (Å²) in [5.41, 5.74) is 7.99. The van der Waals surface area contributed by atoms with Crippen LogP contribution >= 0.6 is 0 Å². The second kappa shape index (κ2) is 14.9. The molecule has 7 rings (SSSR count). The third-order valence-corrected chi connectivity index (χ3v) is 8.97. The molecule has 0 N–H and O–H groups in total. The molecule has 0 nitrogen and oxygen atoms in total. The molecule has 0 aromatic heterocycles. The molecular formula is C41H36Zr. The number of fused-ring (bicyclic) bond motifs is 3. The van der Waals surface area contributed by atoms with E-state index in [4.69, 9.17) is 0 Å². The maximum atomic E-state index is 3.28. The van der Waals surface area contributed by atoms with Crippen LogP contribution in [-0.4, -0.2) is 3.21 Å². The Hall–Kier alpha value is -3.80. The van der Waals surface area contributed by atoms with Crippen LogP contribution < -0.4 is 0 Å². The summed E-state index contributed by atoms with van der Waals surface area (Å²) in [4.78, 5) is 0. The van der Waals surface area contributed by atoms with E-state index in [9.17, 15) is 0 Å². The molecule has 0 unspecified atom stereocenters. The zero-order chi connectivity index (χ0) is 29.1. The summed E-state index contributed by atoms with van der Waals surface area (Å²) in [5.74, 6) is 0. The number of hydrogen-bond donors (Lipinski definition) is 0. The van der Waals surface area contributed by atoms with Crippen LogP contribution in [0.15, 0.2) is 146 Å². The Labute approximate surface area is 265 Å². The third-order valence-electron chi connectivity index (χ3n) is 7.55. The summed E-state index contributed by atoms with van der Waals surface area (Å²) >= 11 is 1.46. The molecule has 0 saturated heterocycles. The Morgan fingerprint density at radius 3 is 1.55 bits per heavy atom. The van der Waals surface area contributed by atoms with E-state index in [1.165, 1.54) is 82.4 Å². The molecule has 204 valence electrons. The van der Waals surface area contributed by atoms with Gasteiger partial charge in [0, 0.05) is 0 Å². The molecule has 0 saturated carbocycles. The summed E-state index contributed by atoms with van der Waals surface area (Å²) in [5, 5.41) is 5.54. The first-order valence-electron chi connectivity index (χ1n) is 14.8. The van der Waals surface area contributed by atoms with Gasteiger partial charge in [0.1, 0.15) is 0 Å². The predicted molar refractivity (Wildman–Crippen MR) is 179 cm³/mol. The summed E-state index contributed by atoms with van der Waals surface area (Å²) in [6, 6.07) is 47.4. The summed E-state index contributed by atoms with van der Waals surface area (Å²) in [6.07, 6.45) is 10.7. The molecule has 0 radical (unpaired) electrons. The topological polar surface area (TPSA) is 0 Å². The fraction of sp³-hybridized carbons (Fsp3) is 0.122. The SMILES string of the molecule is CCc1ccc2c(c1)[cH-]c1cc(CC)ccc12.[C-]1=C(c2ccccc2)C=CC1.[Zr+2]=[C](c1ccccc1)c1ccccc1. The van der Waals surface area contributed by atoms with Gasteiger partial charge in [-0.2, -0.15) is 17.7 Å². The monoisotopic (exact) mass is 618 g/mol. The molecule has 0 atom stereocenters. The number of rotatable bonds is 5. The van der Waals surface area contributed by atoms with E-state index in [1.807, 2.05) is 6.07 Å².